The van der Waals surface area contributed by atoms with E-state index in [1.807, 2.05) is 12.1 Å². The molecule has 0 amide bonds. The highest BCUT2D eigenvalue weighted by Crippen LogP contribution is 2.24. The molecule has 1 heterocycles. The number of halogens is 1. The fraction of sp³-hybridized carbons (Fsp3) is 0.308. The number of nitrogens with zero attached hydrogens (tertiary/aromatic N) is 2. The Bertz CT molecular complexity index is 522. The van der Waals surface area contributed by atoms with Gasteiger partial charge < -0.3 is 4.57 Å². The molecule has 0 aliphatic rings. The topological polar surface area (TPSA) is 28.7 Å². The maximum absolute atomic E-state index is 8.46. The summed E-state index contributed by atoms with van der Waals surface area (Å²) < 4.78 is 2.16. The molecule has 3 heteroatoms. The zero-order valence-corrected chi connectivity index (χ0v) is 9.74. The zero-order chi connectivity index (χ0) is 11.4. The van der Waals surface area contributed by atoms with Gasteiger partial charge in [-0.05, 0) is 25.0 Å². The van der Waals surface area contributed by atoms with Gasteiger partial charge in [-0.1, -0.05) is 23.7 Å². The van der Waals surface area contributed by atoms with Gasteiger partial charge in [0.2, 0.25) is 0 Å². The highest BCUT2D eigenvalue weighted by molar-refractivity contribution is 6.35. The minimum absolute atomic E-state index is 0.632. The lowest BCUT2D eigenvalue weighted by Crippen LogP contribution is -1.96. The first-order valence-electron chi connectivity index (χ1n) is 5.43. The SMILES string of the molecule is N#CCCCCn1ccc2cccc(Cl)c21. The number of nitriles is 1. The van der Waals surface area contributed by atoms with Crippen molar-refractivity contribution in [3.05, 3.63) is 35.5 Å². The fourth-order valence-electron chi connectivity index (χ4n) is 1.89. The van der Waals surface area contributed by atoms with Crippen LogP contribution in [-0.4, -0.2) is 4.57 Å². The van der Waals surface area contributed by atoms with Crippen LogP contribution in [0.1, 0.15) is 19.3 Å². The van der Waals surface area contributed by atoms with E-state index < -0.39 is 0 Å². The Morgan fingerprint density at radius 1 is 1.25 bits per heavy atom. The van der Waals surface area contributed by atoms with Crippen molar-refractivity contribution >= 4 is 22.5 Å². The van der Waals surface area contributed by atoms with E-state index in [4.69, 9.17) is 16.9 Å². The third-order valence-corrected chi connectivity index (χ3v) is 2.98. The molecular weight excluding hydrogens is 220 g/mol. The first kappa shape index (κ1) is 11.0. The van der Waals surface area contributed by atoms with E-state index >= 15 is 0 Å². The third kappa shape index (κ3) is 2.20. The maximum Gasteiger partial charge on any atom is 0.0669 e. The number of unbranched alkanes of at least 4 members (excludes halogenated alkanes) is 2. The molecule has 0 radical (unpaired) electrons. The molecule has 2 aromatic rings. The molecule has 0 saturated heterocycles. The molecule has 0 saturated carbocycles. The second kappa shape index (κ2) is 5.05. The number of hydrogen-bond acceptors (Lipinski definition) is 1. The van der Waals surface area contributed by atoms with Crippen LogP contribution in [0.4, 0.5) is 0 Å². The standard InChI is InChI=1S/C13H13ClN2/c14-12-6-4-5-11-7-10-16(13(11)12)9-3-1-2-8-15/h4-7,10H,1-3,9H2. The van der Waals surface area contributed by atoms with Crippen LogP contribution < -0.4 is 0 Å². The van der Waals surface area contributed by atoms with Crippen LogP contribution in [0.3, 0.4) is 0 Å². The van der Waals surface area contributed by atoms with Crippen molar-refractivity contribution in [3.8, 4) is 6.07 Å². The van der Waals surface area contributed by atoms with E-state index in [1.54, 1.807) is 0 Å². The van der Waals surface area contributed by atoms with Crippen molar-refractivity contribution in [1.29, 1.82) is 5.26 Å². The average molecular weight is 233 g/mol. The number of rotatable bonds is 4. The Morgan fingerprint density at radius 3 is 2.94 bits per heavy atom. The van der Waals surface area contributed by atoms with E-state index in [9.17, 15) is 0 Å². The van der Waals surface area contributed by atoms with Crippen molar-refractivity contribution in [2.45, 2.75) is 25.8 Å². The lowest BCUT2D eigenvalue weighted by atomic mass is 10.2. The molecule has 82 valence electrons. The van der Waals surface area contributed by atoms with Crippen molar-refractivity contribution in [2.24, 2.45) is 0 Å². The van der Waals surface area contributed by atoms with E-state index in [0.29, 0.717) is 6.42 Å². The van der Waals surface area contributed by atoms with Crippen LogP contribution in [-0.2, 0) is 6.54 Å². The van der Waals surface area contributed by atoms with Gasteiger partial charge in [-0.25, -0.2) is 0 Å². The lowest BCUT2D eigenvalue weighted by molar-refractivity contribution is 0.632. The highest BCUT2D eigenvalue weighted by atomic mass is 35.5. The largest absolute Gasteiger partial charge is 0.346 e. The number of hydrogen-bond donors (Lipinski definition) is 0. The summed E-state index contributed by atoms with van der Waals surface area (Å²) in [6.07, 6.45) is 4.65. The maximum atomic E-state index is 8.46. The molecule has 16 heavy (non-hydrogen) atoms. The number of benzene rings is 1. The quantitative estimate of drug-likeness (QED) is 0.733. The van der Waals surface area contributed by atoms with Gasteiger partial charge in [-0.3, -0.25) is 0 Å². The van der Waals surface area contributed by atoms with E-state index in [2.05, 4.69) is 29.0 Å². The molecule has 2 nitrogen and oxygen atoms in total. The summed E-state index contributed by atoms with van der Waals surface area (Å²) in [5.74, 6) is 0. The summed E-state index contributed by atoms with van der Waals surface area (Å²) in [5, 5.41) is 10.4. The van der Waals surface area contributed by atoms with Crippen molar-refractivity contribution in [2.75, 3.05) is 0 Å². The smallest absolute Gasteiger partial charge is 0.0669 e. The molecule has 0 N–H and O–H groups in total. The molecule has 1 aromatic heterocycles. The van der Waals surface area contributed by atoms with Gasteiger partial charge in [0.05, 0.1) is 16.6 Å². The lowest BCUT2D eigenvalue weighted by Gasteiger charge is -2.05. The number of aromatic nitrogens is 1. The summed E-state index contributed by atoms with van der Waals surface area (Å²) in [6, 6.07) is 10.2. The van der Waals surface area contributed by atoms with Gasteiger partial charge >= 0.3 is 0 Å². The monoisotopic (exact) mass is 232 g/mol. The normalized spacial score (nSPS) is 10.5. The summed E-state index contributed by atoms with van der Waals surface area (Å²) in [7, 11) is 0. The summed E-state index contributed by atoms with van der Waals surface area (Å²) in [6.45, 7) is 0.926. The molecule has 0 fully saturated rings. The Labute approximate surface area is 100 Å². The minimum atomic E-state index is 0.632. The second-order valence-electron chi connectivity index (χ2n) is 3.80. The molecule has 0 aliphatic carbocycles. The van der Waals surface area contributed by atoms with Gasteiger partial charge in [-0.2, -0.15) is 5.26 Å². The second-order valence-corrected chi connectivity index (χ2v) is 4.21. The van der Waals surface area contributed by atoms with Crippen molar-refractivity contribution in [1.82, 2.24) is 4.57 Å². The zero-order valence-electron chi connectivity index (χ0n) is 8.99. The van der Waals surface area contributed by atoms with E-state index in [-0.39, 0.29) is 0 Å². The minimum Gasteiger partial charge on any atom is -0.346 e. The number of fused-ring (bicyclic) bond motifs is 1. The highest BCUT2D eigenvalue weighted by Gasteiger charge is 2.03. The van der Waals surface area contributed by atoms with Crippen molar-refractivity contribution in [3.63, 3.8) is 0 Å². The van der Waals surface area contributed by atoms with E-state index in [0.717, 1.165) is 29.9 Å². The van der Waals surface area contributed by atoms with Crippen LogP contribution >= 0.6 is 11.6 Å². The average Bonchev–Trinajstić information content (AvgIpc) is 2.69. The molecule has 0 spiro atoms. The fourth-order valence-corrected chi connectivity index (χ4v) is 2.18. The Morgan fingerprint density at radius 2 is 2.12 bits per heavy atom. The predicted octanol–water partition coefficient (Wildman–Crippen LogP) is 3.99. The molecule has 0 atom stereocenters. The molecule has 0 unspecified atom stereocenters. The van der Waals surface area contributed by atoms with E-state index in [1.165, 1.54) is 5.39 Å². The van der Waals surface area contributed by atoms with Gasteiger partial charge in [0.25, 0.3) is 0 Å². The van der Waals surface area contributed by atoms with Gasteiger partial charge in [0.15, 0.2) is 0 Å². The predicted molar refractivity (Wildman–Crippen MR) is 66.4 cm³/mol. The first-order chi connectivity index (χ1) is 7.83. The van der Waals surface area contributed by atoms with Crippen molar-refractivity contribution < 1.29 is 0 Å². The van der Waals surface area contributed by atoms with Crippen LogP contribution in [0.2, 0.25) is 5.02 Å². The first-order valence-corrected chi connectivity index (χ1v) is 5.81. The molecular formula is C13H13ClN2. The summed E-state index contributed by atoms with van der Waals surface area (Å²) >= 11 is 6.17. The molecule has 0 bridgehead atoms. The molecule has 2 rings (SSSR count). The van der Waals surface area contributed by atoms with Gasteiger partial charge in [-0.15, -0.1) is 0 Å². The Hall–Kier alpha value is -1.46. The van der Waals surface area contributed by atoms with Crippen LogP contribution in [0.15, 0.2) is 30.5 Å². The van der Waals surface area contributed by atoms with Crippen LogP contribution in [0, 0.1) is 11.3 Å². The van der Waals surface area contributed by atoms with Gasteiger partial charge in [0.1, 0.15) is 0 Å². The number of para-hydroxylation sites is 1. The van der Waals surface area contributed by atoms with Crippen LogP contribution in [0.25, 0.3) is 10.9 Å². The molecule has 0 aliphatic heterocycles. The molecule has 1 aromatic carbocycles. The summed E-state index contributed by atoms with van der Waals surface area (Å²) in [5.41, 5.74) is 1.10. The third-order valence-electron chi connectivity index (χ3n) is 2.68. The number of aryl methyl sites for hydroxylation is 1. The Balaban J connectivity index is 2.16. The van der Waals surface area contributed by atoms with Gasteiger partial charge in [0, 0.05) is 24.5 Å². The Kier molecular flexibility index (Phi) is 3.48. The summed E-state index contributed by atoms with van der Waals surface area (Å²) in [4.78, 5) is 0. The van der Waals surface area contributed by atoms with Crippen LogP contribution in [0.5, 0.6) is 0 Å².